The predicted molar refractivity (Wildman–Crippen MR) is 82.9 cm³/mol. The van der Waals surface area contributed by atoms with Crippen molar-refractivity contribution in [2.45, 2.75) is 18.8 Å². The van der Waals surface area contributed by atoms with Gasteiger partial charge in [-0.05, 0) is 31.0 Å². The Kier molecular flexibility index (Phi) is 4.38. The minimum Gasteiger partial charge on any atom is -0.460 e. The second kappa shape index (κ2) is 6.28. The first kappa shape index (κ1) is 15.3. The number of aliphatic hydroxyl groups is 1. The molecule has 22 heavy (non-hydrogen) atoms. The maximum Gasteiger partial charge on any atom is 0.341 e. The number of aliphatic hydroxyl groups excluding tert-OH is 1. The molecule has 1 fully saturated rings. The Bertz CT molecular complexity index is 711. The molecule has 3 rings (SSSR count). The molecule has 0 bridgehead atoms. The highest BCUT2D eigenvalue weighted by Crippen LogP contribution is 2.43. The third kappa shape index (κ3) is 2.97. The predicted octanol–water partition coefficient (Wildman–Crippen LogP) is 3.21. The standard InChI is InChI=1S/C15H14Cl2N2O3/c16-10-3-4-13(12(17)7-10)19-14(9-1-2-9)11(8-18-19)15(21)22-6-5-20/h3-4,7-9,20H,1-2,5-6H2. The Hall–Kier alpha value is -1.56. The molecule has 1 aromatic heterocycles. The van der Waals surface area contributed by atoms with E-state index in [1.807, 2.05) is 0 Å². The van der Waals surface area contributed by atoms with Crippen molar-refractivity contribution in [1.82, 2.24) is 9.78 Å². The number of rotatable bonds is 5. The smallest absolute Gasteiger partial charge is 0.341 e. The van der Waals surface area contributed by atoms with Crippen molar-refractivity contribution in [3.63, 3.8) is 0 Å². The molecule has 1 aliphatic rings. The molecule has 2 aromatic rings. The molecule has 1 aliphatic carbocycles. The number of hydrogen-bond donors (Lipinski definition) is 1. The molecule has 0 amide bonds. The maximum atomic E-state index is 12.1. The fourth-order valence-corrected chi connectivity index (χ4v) is 2.81. The van der Waals surface area contributed by atoms with Crippen LogP contribution in [0.1, 0.15) is 34.8 Å². The summed E-state index contributed by atoms with van der Waals surface area (Å²) in [6.45, 7) is -0.239. The van der Waals surface area contributed by atoms with Crippen LogP contribution in [-0.4, -0.2) is 34.1 Å². The number of aromatic nitrogens is 2. The minimum atomic E-state index is -0.479. The van der Waals surface area contributed by atoms with E-state index < -0.39 is 5.97 Å². The molecule has 0 unspecified atom stereocenters. The normalized spacial score (nSPS) is 14.1. The van der Waals surface area contributed by atoms with Gasteiger partial charge in [0.15, 0.2) is 0 Å². The summed E-state index contributed by atoms with van der Waals surface area (Å²) in [4.78, 5) is 12.1. The molecule has 0 aliphatic heterocycles. The lowest BCUT2D eigenvalue weighted by Gasteiger charge is -2.10. The van der Waals surface area contributed by atoms with Crippen LogP contribution in [0.2, 0.25) is 10.0 Å². The second-order valence-corrected chi connectivity index (χ2v) is 5.93. The summed E-state index contributed by atoms with van der Waals surface area (Å²) in [6.07, 6.45) is 3.48. The van der Waals surface area contributed by atoms with E-state index in [1.54, 1.807) is 22.9 Å². The van der Waals surface area contributed by atoms with E-state index in [4.69, 9.17) is 33.0 Å². The van der Waals surface area contributed by atoms with Gasteiger partial charge in [-0.15, -0.1) is 0 Å². The fraction of sp³-hybridized carbons (Fsp3) is 0.333. The first-order valence-corrected chi connectivity index (χ1v) is 7.68. The highest BCUT2D eigenvalue weighted by atomic mass is 35.5. The van der Waals surface area contributed by atoms with Gasteiger partial charge in [0, 0.05) is 10.9 Å². The van der Waals surface area contributed by atoms with Gasteiger partial charge < -0.3 is 9.84 Å². The maximum absolute atomic E-state index is 12.1. The highest BCUT2D eigenvalue weighted by Gasteiger charge is 2.33. The first-order chi connectivity index (χ1) is 10.6. The topological polar surface area (TPSA) is 64.3 Å². The molecule has 0 radical (unpaired) electrons. The molecule has 116 valence electrons. The number of hydrogen-bond acceptors (Lipinski definition) is 4. The summed E-state index contributed by atoms with van der Waals surface area (Å²) >= 11 is 12.2. The van der Waals surface area contributed by atoms with Crippen LogP contribution in [0.15, 0.2) is 24.4 Å². The summed E-state index contributed by atoms with van der Waals surface area (Å²) in [5, 5.41) is 14.1. The van der Waals surface area contributed by atoms with Gasteiger partial charge >= 0.3 is 5.97 Å². The molecular formula is C15H14Cl2N2O3. The molecule has 0 saturated heterocycles. The molecule has 1 N–H and O–H groups in total. The van der Waals surface area contributed by atoms with Crippen molar-refractivity contribution in [2.75, 3.05) is 13.2 Å². The number of ether oxygens (including phenoxy) is 1. The van der Waals surface area contributed by atoms with Crippen LogP contribution in [0.3, 0.4) is 0 Å². The van der Waals surface area contributed by atoms with Crippen LogP contribution >= 0.6 is 23.2 Å². The van der Waals surface area contributed by atoms with Gasteiger partial charge in [0.25, 0.3) is 0 Å². The summed E-state index contributed by atoms with van der Waals surface area (Å²) in [5.41, 5.74) is 1.89. The quantitative estimate of drug-likeness (QED) is 0.849. The molecule has 1 heterocycles. The van der Waals surface area contributed by atoms with Crippen LogP contribution in [-0.2, 0) is 4.74 Å². The van der Waals surface area contributed by atoms with Gasteiger partial charge in [-0.2, -0.15) is 5.10 Å². The van der Waals surface area contributed by atoms with Gasteiger partial charge in [0.1, 0.15) is 12.2 Å². The second-order valence-electron chi connectivity index (χ2n) is 5.08. The zero-order valence-electron chi connectivity index (χ0n) is 11.6. The van der Waals surface area contributed by atoms with Gasteiger partial charge in [0.2, 0.25) is 0 Å². The number of benzene rings is 1. The molecule has 5 nitrogen and oxygen atoms in total. The Balaban J connectivity index is 2.02. The van der Waals surface area contributed by atoms with Gasteiger partial charge in [-0.25, -0.2) is 9.48 Å². The van der Waals surface area contributed by atoms with Gasteiger partial charge in [-0.3, -0.25) is 0 Å². The van der Waals surface area contributed by atoms with E-state index >= 15 is 0 Å². The minimum absolute atomic E-state index is 0.0319. The average molecular weight is 341 g/mol. The van der Waals surface area contributed by atoms with Crippen molar-refractivity contribution in [1.29, 1.82) is 0 Å². The summed E-state index contributed by atoms with van der Waals surface area (Å²) in [6, 6.07) is 5.14. The Morgan fingerprint density at radius 1 is 1.41 bits per heavy atom. The lowest BCUT2D eigenvalue weighted by molar-refractivity contribution is 0.0432. The zero-order chi connectivity index (χ0) is 15.7. The van der Waals surface area contributed by atoms with Crippen LogP contribution in [0.25, 0.3) is 5.69 Å². The van der Waals surface area contributed by atoms with E-state index in [1.165, 1.54) is 6.20 Å². The van der Waals surface area contributed by atoms with E-state index in [0.29, 0.717) is 21.3 Å². The fourth-order valence-electron chi connectivity index (χ4n) is 2.33. The van der Waals surface area contributed by atoms with Crippen LogP contribution in [0.5, 0.6) is 0 Å². The van der Waals surface area contributed by atoms with Crippen LogP contribution < -0.4 is 0 Å². The molecule has 0 spiro atoms. The number of halogens is 2. The van der Waals surface area contributed by atoms with Crippen molar-refractivity contribution in [3.8, 4) is 5.69 Å². The summed E-state index contributed by atoms with van der Waals surface area (Å²) < 4.78 is 6.67. The van der Waals surface area contributed by atoms with Crippen molar-refractivity contribution >= 4 is 29.2 Å². The SMILES string of the molecule is O=C(OCCO)c1cnn(-c2ccc(Cl)cc2Cl)c1C1CC1. The number of esters is 1. The molecule has 0 atom stereocenters. The number of carbonyl (C=O) groups is 1. The largest absolute Gasteiger partial charge is 0.460 e. The van der Waals surface area contributed by atoms with Gasteiger partial charge in [0.05, 0.1) is 29.2 Å². The zero-order valence-corrected chi connectivity index (χ0v) is 13.1. The Morgan fingerprint density at radius 3 is 2.82 bits per heavy atom. The average Bonchev–Trinajstić information content (AvgIpc) is 3.24. The molecular weight excluding hydrogens is 327 g/mol. The van der Waals surface area contributed by atoms with Crippen LogP contribution in [0, 0.1) is 0 Å². The first-order valence-electron chi connectivity index (χ1n) is 6.93. The van der Waals surface area contributed by atoms with E-state index in [2.05, 4.69) is 5.10 Å². The molecule has 1 aromatic carbocycles. The van der Waals surface area contributed by atoms with Crippen molar-refractivity contribution in [2.24, 2.45) is 0 Å². The van der Waals surface area contributed by atoms with E-state index in [-0.39, 0.29) is 19.1 Å². The Labute approximate surface area is 137 Å². The molecule has 7 heteroatoms. The van der Waals surface area contributed by atoms with Crippen LogP contribution in [0.4, 0.5) is 0 Å². The highest BCUT2D eigenvalue weighted by molar-refractivity contribution is 6.35. The van der Waals surface area contributed by atoms with E-state index in [0.717, 1.165) is 18.5 Å². The van der Waals surface area contributed by atoms with Crippen molar-refractivity contribution < 1.29 is 14.6 Å². The van der Waals surface area contributed by atoms with Gasteiger partial charge in [-0.1, -0.05) is 23.2 Å². The summed E-state index contributed by atoms with van der Waals surface area (Å²) in [5.74, 6) is -0.210. The van der Waals surface area contributed by atoms with Crippen molar-refractivity contribution in [3.05, 3.63) is 45.7 Å². The number of carbonyl (C=O) groups excluding carboxylic acids is 1. The molecule has 1 saturated carbocycles. The lowest BCUT2D eigenvalue weighted by Crippen LogP contribution is -2.11. The number of nitrogens with zero attached hydrogens (tertiary/aromatic N) is 2. The Morgan fingerprint density at radius 2 is 2.18 bits per heavy atom. The lowest BCUT2D eigenvalue weighted by atomic mass is 10.1. The summed E-state index contributed by atoms with van der Waals surface area (Å²) in [7, 11) is 0. The third-order valence-corrected chi connectivity index (χ3v) is 3.99. The third-order valence-electron chi connectivity index (χ3n) is 3.45. The monoisotopic (exact) mass is 340 g/mol. The van der Waals surface area contributed by atoms with E-state index in [9.17, 15) is 4.79 Å².